The van der Waals surface area contributed by atoms with Crippen LogP contribution in [0.1, 0.15) is 54.8 Å². The number of nitrogens with one attached hydrogen (secondary N) is 1. The molecule has 8 heteroatoms. The Morgan fingerprint density at radius 1 is 1.22 bits per heavy atom. The molecule has 1 aromatic heterocycles. The molecule has 0 radical (unpaired) electrons. The van der Waals surface area contributed by atoms with Crippen LogP contribution in [-0.2, 0) is 11.4 Å². The molecule has 0 bridgehead atoms. The Morgan fingerprint density at radius 2 is 1.93 bits per heavy atom. The molecule has 1 saturated carbocycles. The van der Waals surface area contributed by atoms with Crippen LogP contribution in [0.3, 0.4) is 0 Å². The van der Waals surface area contributed by atoms with Gasteiger partial charge in [-0.2, -0.15) is 0 Å². The van der Waals surface area contributed by atoms with Crippen LogP contribution < -0.4 is 10.1 Å². The van der Waals surface area contributed by atoms with Gasteiger partial charge in [0.2, 0.25) is 0 Å². The fourth-order valence-corrected chi connectivity index (χ4v) is 3.20. The number of carboxylic acid groups (broad SMARTS) is 1. The summed E-state index contributed by atoms with van der Waals surface area (Å²) in [6.45, 7) is -0.106. The summed E-state index contributed by atoms with van der Waals surface area (Å²) in [5, 5.41) is 15.9. The van der Waals surface area contributed by atoms with Gasteiger partial charge >= 0.3 is 5.97 Å². The van der Waals surface area contributed by atoms with Crippen molar-refractivity contribution in [2.24, 2.45) is 0 Å². The van der Waals surface area contributed by atoms with Crippen LogP contribution in [0.25, 0.3) is 0 Å². The number of halogens is 1. The molecule has 144 valence electrons. The first-order valence-corrected chi connectivity index (χ1v) is 8.89. The highest BCUT2D eigenvalue weighted by atomic mass is 19.1. The smallest absolute Gasteiger partial charge is 0.329 e. The van der Waals surface area contributed by atoms with Gasteiger partial charge in [-0.15, -0.1) is 0 Å². The normalized spacial score (nSPS) is 16.3. The highest BCUT2D eigenvalue weighted by Gasteiger charge is 2.40. The minimum Gasteiger partial charge on any atom is -0.482 e. The molecule has 2 aromatic rings. The number of ether oxygens (including phenoxy) is 1. The molecule has 7 nitrogen and oxygen atoms in total. The third kappa shape index (κ3) is 4.45. The van der Waals surface area contributed by atoms with Crippen molar-refractivity contribution < 1.29 is 28.3 Å². The maximum atomic E-state index is 13.5. The molecule has 1 fully saturated rings. The number of aromatic nitrogens is 1. The van der Waals surface area contributed by atoms with E-state index in [1.165, 1.54) is 18.2 Å². The van der Waals surface area contributed by atoms with Gasteiger partial charge in [-0.05, 0) is 25.0 Å². The summed E-state index contributed by atoms with van der Waals surface area (Å²) in [6, 6.07) is 7.29. The lowest BCUT2D eigenvalue weighted by atomic mass is 9.90. The second kappa shape index (κ2) is 8.20. The number of carbonyl (C=O) groups excluding carboxylic acids is 1. The molecule has 0 atom stereocenters. The molecule has 0 unspecified atom stereocenters. The average Bonchev–Trinajstić information content (AvgIpc) is 3.00. The number of rotatable bonds is 6. The lowest BCUT2D eigenvalue weighted by molar-refractivity contribution is -0.145. The summed E-state index contributed by atoms with van der Waals surface area (Å²) in [5.41, 5.74) is -1.32. The minimum atomic E-state index is -1.28. The average molecular weight is 376 g/mol. The molecule has 27 heavy (non-hydrogen) atoms. The molecule has 1 amide bonds. The van der Waals surface area contributed by atoms with Crippen molar-refractivity contribution in [3.8, 4) is 5.75 Å². The summed E-state index contributed by atoms with van der Waals surface area (Å²) >= 11 is 0. The molecule has 0 spiro atoms. The van der Waals surface area contributed by atoms with Gasteiger partial charge in [-0.25, -0.2) is 9.18 Å². The molecular formula is C19H21FN2O5. The summed E-state index contributed by atoms with van der Waals surface area (Å²) in [7, 11) is 0. The fraction of sp³-hybridized carbons (Fsp3) is 0.421. The van der Waals surface area contributed by atoms with Crippen molar-refractivity contribution in [3.63, 3.8) is 0 Å². The van der Waals surface area contributed by atoms with Crippen LogP contribution >= 0.6 is 0 Å². The van der Waals surface area contributed by atoms with Crippen LogP contribution in [0.2, 0.25) is 0 Å². The lowest BCUT2D eigenvalue weighted by Gasteiger charge is -2.28. The standard InChI is InChI=1S/C19H21FN2O5/c20-14-7-3-4-8-16(14)26-12-13-11-15(22-27-13)17(23)21-19(18(24)25)9-5-1-2-6-10-19/h3-4,7-8,11H,1-2,5-6,9-10,12H2,(H,21,23)(H,24,25). The Kier molecular flexibility index (Phi) is 5.73. The molecule has 2 N–H and O–H groups in total. The molecule has 0 saturated heterocycles. The molecule has 0 aliphatic heterocycles. The maximum absolute atomic E-state index is 13.5. The third-order valence-electron chi connectivity index (χ3n) is 4.72. The molecular weight excluding hydrogens is 355 g/mol. The van der Waals surface area contributed by atoms with E-state index in [9.17, 15) is 19.1 Å². The highest BCUT2D eigenvalue weighted by Crippen LogP contribution is 2.28. The summed E-state index contributed by atoms with van der Waals surface area (Å²) in [4.78, 5) is 24.3. The first kappa shape index (κ1) is 18.9. The Morgan fingerprint density at radius 3 is 2.59 bits per heavy atom. The number of benzene rings is 1. The van der Waals surface area contributed by atoms with Crippen molar-refractivity contribution >= 4 is 11.9 Å². The van der Waals surface area contributed by atoms with Crippen molar-refractivity contribution in [3.05, 3.63) is 47.6 Å². The predicted molar refractivity (Wildman–Crippen MR) is 92.8 cm³/mol. The Balaban J connectivity index is 1.65. The van der Waals surface area contributed by atoms with E-state index in [1.54, 1.807) is 12.1 Å². The van der Waals surface area contributed by atoms with E-state index in [-0.39, 0.29) is 23.8 Å². The number of amides is 1. The van der Waals surface area contributed by atoms with Crippen molar-refractivity contribution in [2.45, 2.75) is 50.7 Å². The number of aliphatic carboxylic acids is 1. The van der Waals surface area contributed by atoms with Crippen LogP contribution in [0, 0.1) is 5.82 Å². The van der Waals surface area contributed by atoms with Crippen LogP contribution in [0.15, 0.2) is 34.9 Å². The summed E-state index contributed by atoms with van der Waals surface area (Å²) < 4.78 is 23.9. The summed E-state index contributed by atoms with van der Waals surface area (Å²) in [5.74, 6) is -1.87. The van der Waals surface area contributed by atoms with E-state index in [0.717, 1.165) is 25.7 Å². The van der Waals surface area contributed by atoms with E-state index in [2.05, 4.69) is 10.5 Å². The van der Waals surface area contributed by atoms with Gasteiger partial charge in [0.25, 0.3) is 5.91 Å². The van der Waals surface area contributed by atoms with Crippen molar-refractivity contribution in [1.82, 2.24) is 10.5 Å². The number of carboxylic acids is 1. The van der Waals surface area contributed by atoms with Gasteiger partial charge in [0.05, 0.1) is 0 Å². The van der Waals surface area contributed by atoms with Crippen LogP contribution in [0.4, 0.5) is 4.39 Å². The Bertz CT molecular complexity index is 812. The number of nitrogens with zero attached hydrogens (tertiary/aromatic N) is 1. The van der Waals surface area contributed by atoms with Gasteiger partial charge < -0.3 is 19.7 Å². The molecule has 3 rings (SSSR count). The van der Waals surface area contributed by atoms with E-state index >= 15 is 0 Å². The zero-order chi connectivity index (χ0) is 19.3. The number of para-hydroxylation sites is 1. The quantitative estimate of drug-likeness (QED) is 0.750. The van der Waals surface area contributed by atoms with Crippen molar-refractivity contribution in [1.29, 1.82) is 0 Å². The molecule has 1 heterocycles. The second-order valence-electron chi connectivity index (χ2n) is 6.65. The van der Waals surface area contributed by atoms with Crippen molar-refractivity contribution in [2.75, 3.05) is 0 Å². The van der Waals surface area contributed by atoms with Gasteiger partial charge in [0.1, 0.15) is 12.1 Å². The Hall–Kier alpha value is -2.90. The van der Waals surface area contributed by atoms with E-state index in [1.807, 2.05) is 0 Å². The first-order chi connectivity index (χ1) is 13.0. The zero-order valence-electron chi connectivity index (χ0n) is 14.7. The zero-order valence-corrected chi connectivity index (χ0v) is 14.7. The van der Waals surface area contributed by atoms with Crippen LogP contribution in [0.5, 0.6) is 5.75 Å². The van der Waals surface area contributed by atoms with E-state index in [0.29, 0.717) is 12.8 Å². The van der Waals surface area contributed by atoms with Gasteiger partial charge in [-0.3, -0.25) is 4.79 Å². The Labute approximate surface area is 155 Å². The third-order valence-corrected chi connectivity index (χ3v) is 4.72. The predicted octanol–water partition coefficient (Wildman–Crippen LogP) is 3.30. The lowest BCUT2D eigenvalue weighted by Crippen LogP contribution is -2.54. The van der Waals surface area contributed by atoms with Gasteiger partial charge in [-0.1, -0.05) is 43.0 Å². The first-order valence-electron chi connectivity index (χ1n) is 8.89. The fourth-order valence-electron chi connectivity index (χ4n) is 3.20. The number of carbonyl (C=O) groups is 2. The monoisotopic (exact) mass is 376 g/mol. The van der Waals surface area contributed by atoms with E-state index < -0.39 is 23.2 Å². The second-order valence-corrected chi connectivity index (χ2v) is 6.65. The largest absolute Gasteiger partial charge is 0.482 e. The highest BCUT2D eigenvalue weighted by molar-refractivity contribution is 5.96. The number of hydrogen-bond donors (Lipinski definition) is 2. The van der Waals surface area contributed by atoms with Gasteiger partial charge in [0, 0.05) is 6.07 Å². The SMILES string of the molecule is O=C(NC1(C(=O)O)CCCCCC1)c1cc(COc2ccccc2F)on1. The maximum Gasteiger partial charge on any atom is 0.329 e. The number of hydrogen-bond acceptors (Lipinski definition) is 5. The van der Waals surface area contributed by atoms with Gasteiger partial charge in [0.15, 0.2) is 23.0 Å². The molecule has 1 aliphatic carbocycles. The summed E-state index contributed by atoms with van der Waals surface area (Å²) in [6.07, 6.45) is 4.16. The topological polar surface area (TPSA) is 102 Å². The van der Waals surface area contributed by atoms with E-state index in [4.69, 9.17) is 9.26 Å². The molecule has 1 aliphatic rings. The molecule has 1 aromatic carbocycles. The minimum absolute atomic E-state index is 0.0352. The van der Waals surface area contributed by atoms with Crippen LogP contribution in [-0.4, -0.2) is 27.7 Å².